The van der Waals surface area contributed by atoms with Crippen molar-refractivity contribution in [1.82, 2.24) is 5.32 Å². The average molecular weight is 246 g/mol. The fourth-order valence-corrected chi connectivity index (χ4v) is 3.20. The number of amides is 1. The van der Waals surface area contributed by atoms with Crippen molar-refractivity contribution < 1.29 is 4.79 Å². The summed E-state index contributed by atoms with van der Waals surface area (Å²) in [6.07, 6.45) is 0.970. The number of rotatable bonds is 0. The van der Waals surface area contributed by atoms with Gasteiger partial charge in [0.15, 0.2) is 0 Å². The van der Waals surface area contributed by atoms with Crippen LogP contribution in [-0.2, 0) is 6.42 Å². The Kier molecular flexibility index (Phi) is 1.96. The van der Waals surface area contributed by atoms with E-state index >= 15 is 0 Å². The van der Waals surface area contributed by atoms with E-state index in [9.17, 15) is 4.79 Å². The van der Waals surface area contributed by atoms with Crippen molar-refractivity contribution in [3.63, 3.8) is 0 Å². The Labute approximate surface area is 83.1 Å². The molecule has 0 aromatic carbocycles. The molecule has 4 heteroatoms. The van der Waals surface area contributed by atoms with E-state index in [1.165, 1.54) is 4.88 Å². The molecule has 0 unspecified atom stereocenters. The molecular formula is C8H8BrNOS. The van der Waals surface area contributed by atoms with Crippen molar-refractivity contribution in [2.24, 2.45) is 0 Å². The minimum absolute atomic E-state index is 0.0794. The molecule has 2 rings (SSSR count). The van der Waals surface area contributed by atoms with E-state index in [-0.39, 0.29) is 5.91 Å². The van der Waals surface area contributed by atoms with Crippen molar-refractivity contribution in [1.29, 1.82) is 0 Å². The molecular weight excluding hydrogens is 238 g/mol. The van der Waals surface area contributed by atoms with Gasteiger partial charge in [0.2, 0.25) is 0 Å². The second kappa shape index (κ2) is 2.85. The van der Waals surface area contributed by atoms with Crippen LogP contribution in [0.5, 0.6) is 0 Å². The predicted octanol–water partition coefficient (Wildman–Crippen LogP) is 2.10. The van der Waals surface area contributed by atoms with E-state index < -0.39 is 0 Å². The Morgan fingerprint density at radius 2 is 2.33 bits per heavy atom. The first-order valence-electron chi connectivity index (χ1n) is 3.76. The highest BCUT2D eigenvalue weighted by molar-refractivity contribution is 9.11. The van der Waals surface area contributed by atoms with Gasteiger partial charge in [0.25, 0.3) is 5.91 Å². The Balaban J connectivity index is 2.61. The van der Waals surface area contributed by atoms with Gasteiger partial charge >= 0.3 is 0 Å². The van der Waals surface area contributed by atoms with Gasteiger partial charge in [0.05, 0.1) is 9.35 Å². The Morgan fingerprint density at radius 1 is 1.58 bits per heavy atom. The van der Waals surface area contributed by atoms with E-state index in [2.05, 4.69) is 21.2 Å². The summed E-state index contributed by atoms with van der Waals surface area (Å²) in [4.78, 5) is 12.6. The quantitative estimate of drug-likeness (QED) is 0.746. The van der Waals surface area contributed by atoms with Crippen LogP contribution in [0.1, 0.15) is 20.8 Å². The highest BCUT2D eigenvalue weighted by Gasteiger charge is 2.22. The van der Waals surface area contributed by atoms with Crippen molar-refractivity contribution in [3.8, 4) is 0 Å². The maximum atomic E-state index is 11.4. The Hall–Kier alpha value is -0.350. The number of hydrogen-bond donors (Lipinski definition) is 1. The van der Waals surface area contributed by atoms with Crippen LogP contribution in [0.15, 0.2) is 3.79 Å². The lowest BCUT2D eigenvalue weighted by Gasteiger charge is -2.12. The molecule has 2 heterocycles. The molecule has 0 spiro atoms. The highest BCUT2D eigenvalue weighted by atomic mass is 79.9. The molecule has 1 N–H and O–H groups in total. The minimum Gasteiger partial charge on any atom is -0.352 e. The van der Waals surface area contributed by atoms with E-state index in [0.717, 1.165) is 27.9 Å². The molecule has 1 aromatic heterocycles. The van der Waals surface area contributed by atoms with Crippen LogP contribution in [0.2, 0.25) is 0 Å². The third-order valence-electron chi connectivity index (χ3n) is 2.03. The molecule has 12 heavy (non-hydrogen) atoms. The summed E-state index contributed by atoms with van der Waals surface area (Å²) in [5.41, 5.74) is 1.96. The fourth-order valence-electron chi connectivity index (χ4n) is 1.39. The van der Waals surface area contributed by atoms with Crippen LogP contribution >= 0.6 is 27.3 Å². The topological polar surface area (TPSA) is 29.1 Å². The molecule has 0 saturated heterocycles. The van der Waals surface area contributed by atoms with Crippen molar-refractivity contribution >= 4 is 33.2 Å². The van der Waals surface area contributed by atoms with Crippen LogP contribution in [0.3, 0.4) is 0 Å². The molecule has 1 aliphatic rings. The normalized spacial score (nSPS) is 15.7. The van der Waals surface area contributed by atoms with Gasteiger partial charge in [-0.05, 0) is 28.4 Å². The third kappa shape index (κ3) is 1.10. The van der Waals surface area contributed by atoms with Crippen LogP contribution in [0.25, 0.3) is 0 Å². The average Bonchev–Trinajstić information content (AvgIpc) is 2.29. The number of fused-ring (bicyclic) bond motifs is 1. The second-order valence-corrected chi connectivity index (χ2v) is 5.23. The first-order chi connectivity index (χ1) is 5.70. The highest BCUT2D eigenvalue weighted by Crippen LogP contribution is 2.33. The maximum absolute atomic E-state index is 11.4. The zero-order valence-corrected chi connectivity index (χ0v) is 9.01. The number of carbonyl (C=O) groups excluding carboxylic acids is 1. The van der Waals surface area contributed by atoms with Gasteiger partial charge in [0, 0.05) is 17.8 Å². The van der Waals surface area contributed by atoms with Crippen molar-refractivity contribution in [3.05, 3.63) is 19.8 Å². The maximum Gasteiger partial charge on any atom is 0.252 e. The van der Waals surface area contributed by atoms with Crippen LogP contribution in [0, 0.1) is 6.92 Å². The number of thiophene rings is 1. The van der Waals surface area contributed by atoms with Crippen LogP contribution in [0.4, 0.5) is 0 Å². The monoisotopic (exact) mass is 245 g/mol. The largest absolute Gasteiger partial charge is 0.352 e. The SMILES string of the molecule is Cc1c(Br)sc2c1C(=O)NCC2. The van der Waals surface area contributed by atoms with E-state index in [0.29, 0.717) is 0 Å². The number of carbonyl (C=O) groups is 1. The number of hydrogen-bond acceptors (Lipinski definition) is 2. The van der Waals surface area contributed by atoms with Crippen molar-refractivity contribution in [2.45, 2.75) is 13.3 Å². The molecule has 0 atom stereocenters. The standard InChI is InChI=1S/C8H8BrNOS/c1-4-6-5(12-7(4)9)2-3-10-8(6)11/h2-3H2,1H3,(H,10,11). The molecule has 0 aliphatic carbocycles. The smallest absolute Gasteiger partial charge is 0.252 e. The molecule has 0 fully saturated rings. The summed E-state index contributed by atoms with van der Waals surface area (Å²) in [5, 5.41) is 2.84. The predicted molar refractivity (Wildman–Crippen MR) is 52.8 cm³/mol. The van der Waals surface area contributed by atoms with Crippen LogP contribution < -0.4 is 5.32 Å². The molecule has 0 radical (unpaired) electrons. The summed E-state index contributed by atoms with van der Waals surface area (Å²) in [6, 6.07) is 0. The fraction of sp³-hybridized carbons (Fsp3) is 0.375. The molecule has 0 saturated carbocycles. The Bertz CT molecular complexity index is 345. The third-order valence-corrected chi connectivity index (χ3v) is 4.25. The van der Waals surface area contributed by atoms with Gasteiger partial charge in [-0.15, -0.1) is 11.3 Å². The van der Waals surface area contributed by atoms with Gasteiger partial charge in [-0.1, -0.05) is 0 Å². The minimum atomic E-state index is 0.0794. The zero-order valence-electron chi connectivity index (χ0n) is 6.61. The van der Waals surface area contributed by atoms with Gasteiger partial charge in [0.1, 0.15) is 0 Å². The number of nitrogens with one attached hydrogen (secondary N) is 1. The van der Waals surface area contributed by atoms with Gasteiger partial charge in [-0.25, -0.2) is 0 Å². The molecule has 1 amide bonds. The van der Waals surface area contributed by atoms with Crippen molar-refractivity contribution in [2.75, 3.05) is 6.54 Å². The summed E-state index contributed by atoms with van der Waals surface area (Å²) >= 11 is 5.12. The summed E-state index contributed by atoms with van der Waals surface area (Å²) in [6.45, 7) is 2.75. The molecule has 1 aromatic rings. The molecule has 64 valence electrons. The molecule has 1 aliphatic heterocycles. The second-order valence-electron chi connectivity index (χ2n) is 2.80. The van der Waals surface area contributed by atoms with Gasteiger partial charge in [-0.2, -0.15) is 0 Å². The molecule has 0 bridgehead atoms. The number of halogens is 1. The summed E-state index contributed by atoms with van der Waals surface area (Å²) in [5.74, 6) is 0.0794. The lowest BCUT2D eigenvalue weighted by molar-refractivity contribution is 0.0946. The van der Waals surface area contributed by atoms with E-state index in [4.69, 9.17) is 0 Å². The van der Waals surface area contributed by atoms with E-state index in [1.807, 2.05) is 6.92 Å². The zero-order chi connectivity index (χ0) is 8.72. The first kappa shape index (κ1) is 8.26. The van der Waals surface area contributed by atoms with Gasteiger partial charge in [-0.3, -0.25) is 4.79 Å². The lowest BCUT2D eigenvalue weighted by Crippen LogP contribution is -2.31. The summed E-state index contributed by atoms with van der Waals surface area (Å²) in [7, 11) is 0. The van der Waals surface area contributed by atoms with E-state index in [1.54, 1.807) is 11.3 Å². The Morgan fingerprint density at radius 3 is 3.00 bits per heavy atom. The molecule has 2 nitrogen and oxygen atoms in total. The summed E-state index contributed by atoms with van der Waals surface area (Å²) < 4.78 is 1.09. The first-order valence-corrected chi connectivity index (χ1v) is 5.37. The van der Waals surface area contributed by atoms with Gasteiger partial charge < -0.3 is 5.32 Å². The van der Waals surface area contributed by atoms with Crippen LogP contribution in [-0.4, -0.2) is 12.5 Å². The lowest BCUT2D eigenvalue weighted by atomic mass is 10.1.